The summed E-state index contributed by atoms with van der Waals surface area (Å²) in [7, 11) is 0. The summed E-state index contributed by atoms with van der Waals surface area (Å²) >= 11 is 1.09. The zero-order valence-corrected chi connectivity index (χ0v) is 12.6. The smallest absolute Gasteiger partial charge is 0.313 e. The number of fused-ring (bicyclic) bond motifs is 1. The van der Waals surface area contributed by atoms with Gasteiger partial charge in [-0.3, -0.25) is 14.6 Å². The maximum Gasteiger partial charge on any atom is 0.313 e. The van der Waals surface area contributed by atoms with E-state index in [9.17, 15) is 9.59 Å². The molecule has 2 rings (SSSR count). The Morgan fingerprint density at radius 2 is 2.29 bits per heavy atom. The van der Waals surface area contributed by atoms with Gasteiger partial charge in [-0.15, -0.1) is 0 Å². The number of aliphatic carboxylic acids is 1. The average Bonchev–Trinajstić information content (AvgIpc) is 2.82. The third-order valence-electron chi connectivity index (χ3n) is 2.90. The van der Waals surface area contributed by atoms with Crippen LogP contribution in [0.15, 0.2) is 23.6 Å². The highest BCUT2D eigenvalue weighted by atomic mass is 32.2. The molecule has 1 atom stereocenters. The molecule has 2 N–H and O–H groups in total. The number of pyridine rings is 1. The summed E-state index contributed by atoms with van der Waals surface area (Å²) in [4.78, 5) is 31.2. The number of carboxylic acid groups (broad SMARTS) is 1. The summed E-state index contributed by atoms with van der Waals surface area (Å²) in [5.74, 6) is -1.17. The quantitative estimate of drug-likeness (QED) is 0.781. The first-order valence-electron chi connectivity index (χ1n) is 6.48. The summed E-state index contributed by atoms with van der Waals surface area (Å²) in [5, 5.41) is 12.1. The number of amides is 1. The van der Waals surface area contributed by atoms with Crippen LogP contribution < -0.4 is 5.32 Å². The molecule has 0 aromatic carbocycles. The standard InChI is InChI=1S/C13H16N4O3S/c1-3-15-12(20)8(2)17-10-4-5-14-6-9(10)16-13(17)21-7-11(18)19/h4-6,8H,3,7H2,1-2H3,(H,15,20)(H,18,19). The van der Waals surface area contributed by atoms with Gasteiger partial charge in [0, 0.05) is 12.7 Å². The van der Waals surface area contributed by atoms with Crippen LogP contribution in [-0.4, -0.2) is 43.8 Å². The predicted octanol–water partition coefficient (Wildman–Crippen LogP) is 1.31. The van der Waals surface area contributed by atoms with E-state index in [4.69, 9.17) is 5.11 Å². The van der Waals surface area contributed by atoms with Gasteiger partial charge in [0.2, 0.25) is 5.91 Å². The fourth-order valence-electron chi connectivity index (χ4n) is 1.97. The van der Waals surface area contributed by atoms with Crippen LogP contribution in [-0.2, 0) is 9.59 Å². The number of nitrogens with zero attached hydrogens (tertiary/aromatic N) is 3. The van der Waals surface area contributed by atoms with Crippen molar-refractivity contribution in [2.24, 2.45) is 0 Å². The Bertz CT molecular complexity index is 670. The topological polar surface area (TPSA) is 97.1 Å². The van der Waals surface area contributed by atoms with Gasteiger partial charge in [-0.2, -0.15) is 0 Å². The molecule has 0 aliphatic heterocycles. The van der Waals surface area contributed by atoms with Crippen LogP contribution in [0.3, 0.4) is 0 Å². The molecule has 0 radical (unpaired) electrons. The van der Waals surface area contributed by atoms with E-state index < -0.39 is 12.0 Å². The molecule has 0 saturated carbocycles. The largest absolute Gasteiger partial charge is 0.481 e. The van der Waals surface area contributed by atoms with Crippen LogP contribution in [0.25, 0.3) is 11.0 Å². The monoisotopic (exact) mass is 308 g/mol. The molecule has 0 spiro atoms. The number of carbonyl (C=O) groups is 2. The Morgan fingerprint density at radius 3 is 2.95 bits per heavy atom. The van der Waals surface area contributed by atoms with E-state index >= 15 is 0 Å². The Balaban J connectivity index is 2.44. The average molecular weight is 308 g/mol. The Kier molecular flexibility index (Phi) is 4.79. The van der Waals surface area contributed by atoms with Gasteiger partial charge in [0.05, 0.1) is 17.5 Å². The summed E-state index contributed by atoms with van der Waals surface area (Å²) in [6.07, 6.45) is 3.22. The first kappa shape index (κ1) is 15.3. The molecule has 0 fully saturated rings. The van der Waals surface area contributed by atoms with Crippen LogP contribution in [0.1, 0.15) is 19.9 Å². The molecule has 0 saturated heterocycles. The number of nitrogens with one attached hydrogen (secondary N) is 1. The molecule has 21 heavy (non-hydrogen) atoms. The minimum atomic E-state index is -0.928. The van der Waals surface area contributed by atoms with Crippen molar-refractivity contribution in [2.45, 2.75) is 25.0 Å². The lowest BCUT2D eigenvalue weighted by Crippen LogP contribution is -2.31. The molecule has 2 aromatic heterocycles. The van der Waals surface area contributed by atoms with Crippen molar-refractivity contribution in [1.82, 2.24) is 19.9 Å². The lowest BCUT2D eigenvalue weighted by atomic mass is 10.3. The van der Waals surface area contributed by atoms with E-state index in [0.29, 0.717) is 17.2 Å². The second kappa shape index (κ2) is 6.57. The van der Waals surface area contributed by atoms with Gasteiger partial charge in [-0.05, 0) is 19.9 Å². The molecule has 2 heterocycles. The number of aromatic nitrogens is 3. The zero-order chi connectivity index (χ0) is 15.4. The normalized spacial score (nSPS) is 12.3. The second-order valence-corrected chi connectivity index (χ2v) is 5.32. The van der Waals surface area contributed by atoms with Crippen LogP contribution in [0.4, 0.5) is 0 Å². The predicted molar refractivity (Wildman–Crippen MR) is 79.3 cm³/mol. The number of hydrogen-bond acceptors (Lipinski definition) is 5. The Labute approximate surface area is 125 Å². The van der Waals surface area contributed by atoms with Crippen molar-refractivity contribution in [3.63, 3.8) is 0 Å². The van der Waals surface area contributed by atoms with Gasteiger partial charge in [0.15, 0.2) is 5.16 Å². The van der Waals surface area contributed by atoms with E-state index in [1.165, 1.54) is 0 Å². The number of hydrogen-bond donors (Lipinski definition) is 2. The van der Waals surface area contributed by atoms with Crippen LogP contribution >= 0.6 is 11.8 Å². The van der Waals surface area contributed by atoms with Crippen molar-refractivity contribution in [1.29, 1.82) is 0 Å². The minimum Gasteiger partial charge on any atom is -0.481 e. The molecule has 8 heteroatoms. The van der Waals surface area contributed by atoms with Crippen molar-refractivity contribution >= 4 is 34.7 Å². The number of rotatable bonds is 6. The van der Waals surface area contributed by atoms with E-state index in [1.807, 2.05) is 6.92 Å². The zero-order valence-electron chi connectivity index (χ0n) is 11.7. The third kappa shape index (κ3) is 3.33. The van der Waals surface area contributed by atoms with Crippen LogP contribution in [0, 0.1) is 0 Å². The molecule has 0 aliphatic rings. The molecule has 112 valence electrons. The molecular weight excluding hydrogens is 292 g/mol. The first-order valence-corrected chi connectivity index (χ1v) is 7.47. The van der Waals surface area contributed by atoms with Crippen molar-refractivity contribution in [2.75, 3.05) is 12.3 Å². The Morgan fingerprint density at radius 1 is 1.52 bits per heavy atom. The highest BCUT2D eigenvalue weighted by molar-refractivity contribution is 7.99. The summed E-state index contributed by atoms with van der Waals surface area (Å²) in [5.41, 5.74) is 1.40. The molecular formula is C13H16N4O3S. The molecule has 1 amide bonds. The van der Waals surface area contributed by atoms with Gasteiger partial charge in [-0.25, -0.2) is 4.98 Å². The van der Waals surface area contributed by atoms with Gasteiger partial charge in [0.25, 0.3) is 0 Å². The fraction of sp³-hybridized carbons (Fsp3) is 0.385. The summed E-state index contributed by atoms with van der Waals surface area (Å²) in [6.45, 7) is 4.15. The number of carboxylic acids is 1. The van der Waals surface area contributed by atoms with Crippen molar-refractivity contribution in [3.8, 4) is 0 Å². The van der Waals surface area contributed by atoms with E-state index in [0.717, 1.165) is 17.3 Å². The summed E-state index contributed by atoms with van der Waals surface area (Å²) in [6, 6.07) is 1.29. The third-order valence-corrected chi connectivity index (χ3v) is 3.84. The number of likely N-dealkylation sites (N-methyl/N-ethyl adjacent to an activating group) is 1. The van der Waals surface area contributed by atoms with E-state index in [2.05, 4.69) is 15.3 Å². The molecule has 2 aromatic rings. The lowest BCUT2D eigenvalue weighted by Gasteiger charge is -2.16. The van der Waals surface area contributed by atoms with Gasteiger partial charge < -0.3 is 15.0 Å². The number of carbonyl (C=O) groups excluding carboxylic acids is 1. The highest BCUT2D eigenvalue weighted by Gasteiger charge is 2.21. The van der Waals surface area contributed by atoms with Crippen molar-refractivity contribution < 1.29 is 14.7 Å². The molecule has 7 nitrogen and oxygen atoms in total. The van der Waals surface area contributed by atoms with Crippen LogP contribution in [0.2, 0.25) is 0 Å². The van der Waals surface area contributed by atoms with Crippen LogP contribution in [0.5, 0.6) is 0 Å². The SMILES string of the molecule is CCNC(=O)C(C)n1c(SCC(=O)O)nc2cnccc21. The molecule has 1 unspecified atom stereocenters. The Hall–Kier alpha value is -2.09. The molecule has 0 aliphatic carbocycles. The number of thioether (sulfide) groups is 1. The fourth-order valence-corrected chi connectivity index (χ4v) is 2.78. The van der Waals surface area contributed by atoms with Gasteiger partial charge in [-0.1, -0.05) is 11.8 Å². The minimum absolute atomic E-state index is 0.112. The maximum absolute atomic E-state index is 12.1. The first-order chi connectivity index (χ1) is 10.0. The van der Waals surface area contributed by atoms with Crippen molar-refractivity contribution in [3.05, 3.63) is 18.5 Å². The van der Waals surface area contributed by atoms with E-state index in [-0.39, 0.29) is 11.7 Å². The highest BCUT2D eigenvalue weighted by Crippen LogP contribution is 2.27. The lowest BCUT2D eigenvalue weighted by molar-refractivity contribution is -0.133. The second-order valence-electron chi connectivity index (χ2n) is 4.38. The molecule has 0 bridgehead atoms. The van der Waals surface area contributed by atoms with Gasteiger partial charge >= 0.3 is 5.97 Å². The van der Waals surface area contributed by atoms with Gasteiger partial charge in [0.1, 0.15) is 11.6 Å². The van der Waals surface area contributed by atoms with E-state index in [1.54, 1.807) is 30.0 Å². The maximum atomic E-state index is 12.1. The summed E-state index contributed by atoms with van der Waals surface area (Å²) < 4.78 is 1.75. The number of imidazole rings is 1.